The Hall–Kier alpha value is -1.98. The lowest BCUT2D eigenvalue weighted by Gasteiger charge is -2.32. The Kier molecular flexibility index (Phi) is 5.41. The van der Waals surface area contributed by atoms with E-state index >= 15 is 0 Å². The third-order valence-corrected chi connectivity index (χ3v) is 5.87. The van der Waals surface area contributed by atoms with Crippen LogP contribution < -0.4 is 0 Å². The van der Waals surface area contributed by atoms with Gasteiger partial charge in [0.1, 0.15) is 5.82 Å². The number of carbonyl (C=O) groups is 1. The van der Waals surface area contributed by atoms with Crippen LogP contribution >= 0.6 is 11.6 Å². The summed E-state index contributed by atoms with van der Waals surface area (Å²) >= 11 is 6.10. The minimum atomic E-state index is 0.166. The summed E-state index contributed by atoms with van der Waals surface area (Å²) in [5.74, 6) is 1.50. The van der Waals surface area contributed by atoms with Crippen molar-refractivity contribution >= 4 is 17.5 Å². The first-order valence-corrected chi connectivity index (χ1v) is 10.0. The molecule has 0 unspecified atom stereocenters. The van der Waals surface area contributed by atoms with Crippen molar-refractivity contribution in [2.45, 2.75) is 45.2 Å². The quantitative estimate of drug-likeness (QED) is 0.813. The lowest BCUT2D eigenvalue weighted by atomic mass is 9.95. The molecule has 4 rings (SSSR count). The lowest BCUT2D eigenvalue weighted by Crippen LogP contribution is -2.37. The molecule has 27 heavy (non-hydrogen) atoms. The highest BCUT2D eigenvalue weighted by Crippen LogP contribution is 2.27. The second kappa shape index (κ2) is 7.95. The fourth-order valence-corrected chi connectivity index (χ4v) is 4.28. The monoisotopic (exact) mass is 384 g/mol. The van der Waals surface area contributed by atoms with Gasteiger partial charge in [0.2, 0.25) is 5.91 Å². The van der Waals surface area contributed by atoms with Gasteiger partial charge in [0.05, 0.1) is 0 Å². The minimum absolute atomic E-state index is 0.166. The van der Waals surface area contributed by atoms with Crippen LogP contribution in [0.15, 0.2) is 30.5 Å². The molecule has 3 heterocycles. The van der Waals surface area contributed by atoms with Gasteiger partial charge in [-0.05, 0) is 30.5 Å². The van der Waals surface area contributed by atoms with Crippen molar-refractivity contribution in [2.24, 2.45) is 0 Å². The van der Waals surface area contributed by atoms with Crippen LogP contribution in [0.4, 0.5) is 0 Å². The molecule has 2 aromatic rings. The van der Waals surface area contributed by atoms with E-state index in [-0.39, 0.29) is 5.91 Å². The SMILES string of the molecule is CC(=O)N1CCC(c2ncc3c(n2)CCN(Cc2cccc(Cl)c2)C3)CC1. The summed E-state index contributed by atoms with van der Waals surface area (Å²) in [6.07, 6.45) is 4.88. The molecular weight excluding hydrogens is 360 g/mol. The molecule has 1 saturated heterocycles. The molecule has 0 spiro atoms. The zero-order chi connectivity index (χ0) is 18.8. The molecule has 0 aliphatic carbocycles. The summed E-state index contributed by atoms with van der Waals surface area (Å²) in [7, 11) is 0. The molecule has 0 radical (unpaired) electrons. The topological polar surface area (TPSA) is 49.3 Å². The average Bonchev–Trinajstić information content (AvgIpc) is 2.68. The van der Waals surface area contributed by atoms with E-state index < -0.39 is 0 Å². The third kappa shape index (κ3) is 4.30. The Balaban J connectivity index is 1.40. The Bertz CT molecular complexity index is 833. The largest absolute Gasteiger partial charge is 0.343 e. The van der Waals surface area contributed by atoms with Gasteiger partial charge in [0.15, 0.2) is 0 Å². The Morgan fingerprint density at radius 1 is 1.26 bits per heavy atom. The maximum absolute atomic E-state index is 11.5. The van der Waals surface area contributed by atoms with Crippen LogP contribution in [-0.4, -0.2) is 45.3 Å². The number of hydrogen-bond donors (Lipinski definition) is 0. The van der Waals surface area contributed by atoms with Gasteiger partial charge in [-0.15, -0.1) is 0 Å². The molecule has 2 aliphatic heterocycles. The molecule has 1 aromatic heterocycles. The first-order valence-electron chi connectivity index (χ1n) is 9.65. The molecule has 0 atom stereocenters. The second-order valence-electron chi connectivity index (χ2n) is 7.57. The number of carbonyl (C=O) groups excluding carboxylic acids is 1. The van der Waals surface area contributed by atoms with E-state index in [0.29, 0.717) is 5.92 Å². The highest BCUT2D eigenvalue weighted by atomic mass is 35.5. The van der Waals surface area contributed by atoms with Gasteiger partial charge in [-0.2, -0.15) is 0 Å². The van der Waals surface area contributed by atoms with Crippen molar-refractivity contribution in [1.82, 2.24) is 19.8 Å². The summed E-state index contributed by atoms with van der Waals surface area (Å²) in [4.78, 5) is 25.4. The summed E-state index contributed by atoms with van der Waals surface area (Å²) in [5, 5.41) is 0.786. The Labute approximate surface area is 165 Å². The molecule has 6 heteroatoms. The summed E-state index contributed by atoms with van der Waals surface area (Å²) in [6.45, 7) is 6.04. The van der Waals surface area contributed by atoms with E-state index in [1.165, 1.54) is 16.8 Å². The van der Waals surface area contributed by atoms with Crippen LogP contribution in [0.25, 0.3) is 0 Å². The number of piperidine rings is 1. The predicted octanol–water partition coefficient (Wildman–Crippen LogP) is 3.41. The van der Waals surface area contributed by atoms with Gasteiger partial charge in [-0.25, -0.2) is 9.97 Å². The molecule has 0 bridgehead atoms. The van der Waals surface area contributed by atoms with Crippen LogP contribution in [-0.2, 0) is 24.3 Å². The van der Waals surface area contributed by atoms with Crippen molar-refractivity contribution < 1.29 is 4.79 Å². The van der Waals surface area contributed by atoms with E-state index in [0.717, 1.165) is 62.8 Å². The van der Waals surface area contributed by atoms with Crippen molar-refractivity contribution in [3.8, 4) is 0 Å². The van der Waals surface area contributed by atoms with Gasteiger partial charge in [-0.1, -0.05) is 23.7 Å². The van der Waals surface area contributed by atoms with Crippen molar-refractivity contribution in [3.63, 3.8) is 0 Å². The van der Waals surface area contributed by atoms with E-state index in [1.54, 1.807) is 6.92 Å². The molecule has 0 saturated carbocycles. The number of nitrogens with zero attached hydrogens (tertiary/aromatic N) is 4. The molecule has 1 aromatic carbocycles. The molecule has 1 amide bonds. The second-order valence-corrected chi connectivity index (χ2v) is 8.01. The van der Waals surface area contributed by atoms with Crippen molar-refractivity contribution in [3.05, 3.63) is 58.1 Å². The molecule has 142 valence electrons. The predicted molar refractivity (Wildman–Crippen MR) is 106 cm³/mol. The first-order chi connectivity index (χ1) is 13.1. The lowest BCUT2D eigenvalue weighted by molar-refractivity contribution is -0.129. The average molecular weight is 385 g/mol. The first kappa shape index (κ1) is 18.4. The molecule has 1 fully saturated rings. The number of halogens is 1. The van der Waals surface area contributed by atoms with Crippen LogP contribution in [0.1, 0.15) is 48.3 Å². The van der Waals surface area contributed by atoms with Gasteiger partial charge in [-0.3, -0.25) is 9.69 Å². The standard InChI is InChI=1S/C21H25ClN4O/c1-15(27)26-9-5-17(6-10-26)21-23-12-18-14-25(8-7-20(18)24-21)13-16-3-2-4-19(22)11-16/h2-4,11-12,17H,5-10,13-14H2,1H3. The van der Waals surface area contributed by atoms with E-state index in [1.807, 2.05) is 29.3 Å². The fourth-order valence-electron chi connectivity index (χ4n) is 4.07. The molecule has 5 nitrogen and oxygen atoms in total. The normalized spacial score (nSPS) is 18.4. The van der Waals surface area contributed by atoms with E-state index in [2.05, 4.69) is 16.0 Å². The van der Waals surface area contributed by atoms with Crippen LogP contribution in [0.2, 0.25) is 5.02 Å². The van der Waals surface area contributed by atoms with Gasteiger partial charge in [0, 0.05) is 74.5 Å². The van der Waals surface area contributed by atoms with E-state index in [4.69, 9.17) is 16.6 Å². The maximum atomic E-state index is 11.5. The third-order valence-electron chi connectivity index (χ3n) is 5.63. The highest BCUT2D eigenvalue weighted by molar-refractivity contribution is 6.30. The summed E-state index contributed by atoms with van der Waals surface area (Å²) in [6, 6.07) is 8.06. The Morgan fingerprint density at radius 3 is 2.81 bits per heavy atom. The van der Waals surface area contributed by atoms with Crippen molar-refractivity contribution in [1.29, 1.82) is 0 Å². The zero-order valence-electron chi connectivity index (χ0n) is 15.7. The maximum Gasteiger partial charge on any atom is 0.219 e. The number of likely N-dealkylation sites (tertiary alicyclic amines) is 1. The minimum Gasteiger partial charge on any atom is -0.343 e. The number of amides is 1. The zero-order valence-corrected chi connectivity index (χ0v) is 16.5. The van der Waals surface area contributed by atoms with Gasteiger partial charge >= 0.3 is 0 Å². The smallest absolute Gasteiger partial charge is 0.219 e. The summed E-state index contributed by atoms with van der Waals surface area (Å²) < 4.78 is 0. The number of aromatic nitrogens is 2. The van der Waals surface area contributed by atoms with E-state index in [9.17, 15) is 4.79 Å². The van der Waals surface area contributed by atoms with Gasteiger partial charge < -0.3 is 4.90 Å². The van der Waals surface area contributed by atoms with Crippen molar-refractivity contribution in [2.75, 3.05) is 19.6 Å². The number of fused-ring (bicyclic) bond motifs is 1. The van der Waals surface area contributed by atoms with Gasteiger partial charge in [0.25, 0.3) is 0 Å². The number of benzene rings is 1. The van der Waals surface area contributed by atoms with Crippen LogP contribution in [0.5, 0.6) is 0 Å². The molecule has 2 aliphatic rings. The number of rotatable bonds is 3. The summed E-state index contributed by atoms with van der Waals surface area (Å²) in [5.41, 5.74) is 3.66. The fraction of sp³-hybridized carbons (Fsp3) is 0.476. The molecular formula is C21H25ClN4O. The van der Waals surface area contributed by atoms with Crippen LogP contribution in [0.3, 0.4) is 0 Å². The van der Waals surface area contributed by atoms with Crippen LogP contribution in [0, 0.1) is 0 Å². The Morgan fingerprint density at radius 2 is 2.07 bits per heavy atom. The highest BCUT2D eigenvalue weighted by Gasteiger charge is 2.25. The number of hydrogen-bond acceptors (Lipinski definition) is 4. The molecule has 0 N–H and O–H groups in total.